The molecule has 0 aliphatic carbocycles. The number of nitrogens with one attached hydrogen (secondary N) is 2. The number of sulfonamides is 1. The summed E-state index contributed by atoms with van der Waals surface area (Å²) in [5, 5.41) is 2.90. The summed E-state index contributed by atoms with van der Waals surface area (Å²) < 4.78 is 41.0. The van der Waals surface area contributed by atoms with E-state index in [0.29, 0.717) is 6.54 Å². The van der Waals surface area contributed by atoms with Crippen LogP contribution in [0.5, 0.6) is 0 Å². The van der Waals surface area contributed by atoms with Crippen LogP contribution in [0.4, 0.5) is 10.1 Å². The van der Waals surface area contributed by atoms with Crippen molar-refractivity contribution in [3.8, 4) is 0 Å². The molecule has 0 saturated carbocycles. The molecule has 168 valence electrons. The molecule has 0 bridgehead atoms. The first-order chi connectivity index (χ1) is 14.6. The lowest BCUT2D eigenvalue weighted by Gasteiger charge is -2.41. The predicted octanol–water partition coefficient (Wildman–Crippen LogP) is 4.27. The molecule has 1 heterocycles. The molecule has 0 aromatic heterocycles. The second-order valence-corrected chi connectivity index (χ2v) is 10.4. The standard InChI is InChI=1S/C22H27ClFN3O3S/c1-22(2,27-12-4-3-5-13-27)15-25-21(28)16-6-11-19(23)20(14-16)31(29,30)26-18-9-7-17(24)8-10-18/h6-11,14,26H,3-5,12-13,15H2,1-2H3,(H,25,28). The van der Waals surface area contributed by atoms with Crippen molar-refractivity contribution < 1.29 is 17.6 Å². The van der Waals surface area contributed by atoms with Gasteiger partial charge in [0.1, 0.15) is 10.7 Å². The van der Waals surface area contributed by atoms with E-state index in [1.807, 2.05) is 0 Å². The third-order valence-corrected chi connectivity index (χ3v) is 7.34. The monoisotopic (exact) mass is 467 g/mol. The zero-order valence-electron chi connectivity index (χ0n) is 17.6. The van der Waals surface area contributed by atoms with Gasteiger partial charge in [-0.25, -0.2) is 12.8 Å². The first kappa shape index (κ1) is 23.5. The molecule has 2 N–H and O–H groups in total. The van der Waals surface area contributed by atoms with Crippen LogP contribution in [0.3, 0.4) is 0 Å². The van der Waals surface area contributed by atoms with Gasteiger partial charge in [0.15, 0.2) is 0 Å². The number of amides is 1. The van der Waals surface area contributed by atoms with E-state index in [0.717, 1.165) is 38.1 Å². The lowest BCUT2D eigenvalue weighted by atomic mass is 9.98. The third-order valence-electron chi connectivity index (χ3n) is 5.47. The van der Waals surface area contributed by atoms with Gasteiger partial charge in [0.05, 0.1) is 5.02 Å². The fraction of sp³-hybridized carbons (Fsp3) is 0.409. The van der Waals surface area contributed by atoms with Crippen molar-refractivity contribution in [3.05, 3.63) is 58.9 Å². The minimum absolute atomic E-state index is 0.0141. The zero-order chi connectivity index (χ0) is 22.6. The first-order valence-electron chi connectivity index (χ1n) is 10.2. The van der Waals surface area contributed by atoms with Crippen LogP contribution in [0.15, 0.2) is 47.4 Å². The highest BCUT2D eigenvalue weighted by Gasteiger charge is 2.28. The Morgan fingerprint density at radius 2 is 1.74 bits per heavy atom. The summed E-state index contributed by atoms with van der Waals surface area (Å²) in [6.07, 6.45) is 3.53. The number of anilines is 1. The average molecular weight is 468 g/mol. The molecule has 1 amide bonds. The summed E-state index contributed by atoms with van der Waals surface area (Å²) in [5.74, 6) is -0.855. The molecule has 1 saturated heterocycles. The Bertz CT molecular complexity index is 1040. The molecule has 2 aromatic carbocycles. The molecule has 1 aliphatic heterocycles. The molecular weight excluding hydrogens is 441 g/mol. The molecule has 0 spiro atoms. The highest BCUT2D eigenvalue weighted by molar-refractivity contribution is 7.92. The van der Waals surface area contributed by atoms with Crippen LogP contribution in [0.2, 0.25) is 5.02 Å². The van der Waals surface area contributed by atoms with Gasteiger partial charge in [0, 0.05) is 23.3 Å². The van der Waals surface area contributed by atoms with Crippen molar-refractivity contribution in [2.45, 2.75) is 43.5 Å². The first-order valence-corrected chi connectivity index (χ1v) is 12.1. The highest BCUT2D eigenvalue weighted by atomic mass is 35.5. The second-order valence-electron chi connectivity index (χ2n) is 8.30. The Kier molecular flexibility index (Phi) is 7.24. The number of nitrogens with zero attached hydrogens (tertiary/aromatic N) is 1. The maximum Gasteiger partial charge on any atom is 0.263 e. The minimum Gasteiger partial charge on any atom is -0.350 e. The Morgan fingerprint density at radius 1 is 1.10 bits per heavy atom. The lowest BCUT2D eigenvalue weighted by molar-refractivity contribution is 0.0797. The number of piperidine rings is 1. The van der Waals surface area contributed by atoms with E-state index in [9.17, 15) is 17.6 Å². The van der Waals surface area contributed by atoms with Gasteiger partial charge in [-0.15, -0.1) is 0 Å². The van der Waals surface area contributed by atoms with Crippen molar-refractivity contribution in [1.82, 2.24) is 10.2 Å². The van der Waals surface area contributed by atoms with Gasteiger partial charge in [-0.05, 0) is 82.2 Å². The molecule has 1 aliphatic rings. The maximum absolute atomic E-state index is 13.1. The van der Waals surface area contributed by atoms with Crippen LogP contribution in [-0.4, -0.2) is 44.4 Å². The average Bonchev–Trinajstić information content (AvgIpc) is 2.74. The SMILES string of the molecule is CC(C)(CNC(=O)c1ccc(Cl)c(S(=O)(=O)Nc2ccc(F)cc2)c1)N1CCCCC1. The number of carbonyl (C=O) groups excluding carboxylic acids is 1. The van der Waals surface area contributed by atoms with E-state index in [1.165, 1.54) is 36.8 Å². The molecule has 2 aromatic rings. The number of carbonyl (C=O) groups is 1. The second kappa shape index (κ2) is 9.54. The van der Waals surface area contributed by atoms with Crippen LogP contribution in [-0.2, 0) is 10.0 Å². The zero-order valence-corrected chi connectivity index (χ0v) is 19.2. The number of hydrogen-bond donors (Lipinski definition) is 2. The molecule has 31 heavy (non-hydrogen) atoms. The van der Waals surface area contributed by atoms with Crippen LogP contribution in [0.25, 0.3) is 0 Å². The van der Waals surface area contributed by atoms with Gasteiger partial charge in [-0.1, -0.05) is 18.0 Å². The van der Waals surface area contributed by atoms with E-state index in [-0.39, 0.29) is 32.6 Å². The summed E-state index contributed by atoms with van der Waals surface area (Å²) in [6.45, 7) is 6.61. The molecule has 3 rings (SSSR count). The Morgan fingerprint density at radius 3 is 2.39 bits per heavy atom. The fourth-order valence-electron chi connectivity index (χ4n) is 3.59. The molecule has 6 nitrogen and oxygen atoms in total. The predicted molar refractivity (Wildman–Crippen MR) is 120 cm³/mol. The highest BCUT2D eigenvalue weighted by Crippen LogP contribution is 2.26. The minimum atomic E-state index is -4.07. The summed E-state index contributed by atoms with van der Waals surface area (Å²) in [5.41, 5.74) is 0.176. The number of hydrogen-bond acceptors (Lipinski definition) is 4. The smallest absolute Gasteiger partial charge is 0.263 e. The molecule has 0 radical (unpaired) electrons. The molecule has 0 unspecified atom stereocenters. The van der Waals surface area contributed by atoms with Crippen molar-refractivity contribution in [1.29, 1.82) is 0 Å². The lowest BCUT2D eigenvalue weighted by Crippen LogP contribution is -2.53. The molecule has 9 heteroatoms. The van der Waals surface area contributed by atoms with Gasteiger partial charge in [-0.3, -0.25) is 14.4 Å². The van der Waals surface area contributed by atoms with Crippen molar-refractivity contribution in [2.24, 2.45) is 0 Å². The Hall–Kier alpha value is -2.16. The third kappa shape index (κ3) is 5.96. The van der Waals surface area contributed by atoms with Gasteiger partial charge in [0.25, 0.3) is 15.9 Å². The van der Waals surface area contributed by atoms with E-state index >= 15 is 0 Å². The summed E-state index contributed by atoms with van der Waals surface area (Å²) in [7, 11) is -4.07. The van der Waals surface area contributed by atoms with Crippen molar-refractivity contribution in [2.75, 3.05) is 24.4 Å². The van der Waals surface area contributed by atoms with Crippen molar-refractivity contribution in [3.63, 3.8) is 0 Å². The Labute approximate surface area is 187 Å². The number of rotatable bonds is 7. The van der Waals surface area contributed by atoms with Crippen molar-refractivity contribution >= 4 is 33.2 Å². The van der Waals surface area contributed by atoms with Crippen LogP contribution >= 0.6 is 11.6 Å². The maximum atomic E-state index is 13.1. The van der Waals surface area contributed by atoms with Gasteiger partial charge in [-0.2, -0.15) is 0 Å². The quantitative estimate of drug-likeness (QED) is 0.637. The normalized spacial score (nSPS) is 15.5. The summed E-state index contributed by atoms with van der Waals surface area (Å²) in [6, 6.07) is 9.02. The molecule has 1 fully saturated rings. The Balaban J connectivity index is 1.73. The topological polar surface area (TPSA) is 78.5 Å². The van der Waals surface area contributed by atoms with Gasteiger partial charge >= 0.3 is 0 Å². The van der Waals surface area contributed by atoms with Crippen LogP contribution in [0.1, 0.15) is 43.5 Å². The van der Waals surface area contributed by atoms with Gasteiger partial charge < -0.3 is 5.32 Å². The summed E-state index contributed by atoms with van der Waals surface area (Å²) >= 11 is 6.11. The van der Waals surface area contributed by atoms with Crippen LogP contribution in [0, 0.1) is 5.82 Å². The number of benzene rings is 2. The van der Waals surface area contributed by atoms with E-state index < -0.39 is 15.8 Å². The fourth-order valence-corrected chi connectivity index (χ4v) is 5.17. The van der Waals surface area contributed by atoms with E-state index in [1.54, 1.807) is 0 Å². The number of halogens is 2. The van der Waals surface area contributed by atoms with Crippen LogP contribution < -0.4 is 10.0 Å². The number of likely N-dealkylation sites (tertiary alicyclic amines) is 1. The van der Waals surface area contributed by atoms with Gasteiger partial charge in [0.2, 0.25) is 0 Å². The summed E-state index contributed by atoms with van der Waals surface area (Å²) in [4.78, 5) is 14.9. The molecule has 0 atom stereocenters. The molecular formula is C22H27ClFN3O3S. The largest absolute Gasteiger partial charge is 0.350 e. The van der Waals surface area contributed by atoms with E-state index in [4.69, 9.17) is 11.6 Å². The van der Waals surface area contributed by atoms with E-state index in [2.05, 4.69) is 28.8 Å².